The van der Waals surface area contributed by atoms with E-state index in [0.717, 1.165) is 19.1 Å². The van der Waals surface area contributed by atoms with E-state index >= 15 is 0 Å². The molecule has 1 fully saturated rings. The molecule has 0 spiro atoms. The number of aromatic nitrogens is 1. The summed E-state index contributed by atoms with van der Waals surface area (Å²) in [5, 5.41) is 5.09. The summed E-state index contributed by atoms with van der Waals surface area (Å²) in [5.41, 5.74) is 2.73. The van der Waals surface area contributed by atoms with Crippen LogP contribution in [0.25, 0.3) is 10.9 Å². The number of benzene rings is 1. The summed E-state index contributed by atoms with van der Waals surface area (Å²) in [6.07, 6.45) is 6.97. The average molecular weight is 256 g/mol. The Kier molecular flexibility index (Phi) is 3.88. The van der Waals surface area contributed by atoms with Crippen LogP contribution in [0.4, 0.5) is 0 Å². The van der Waals surface area contributed by atoms with E-state index in [9.17, 15) is 0 Å². The van der Waals surface area contributed by atoms with E-state index in [1.165, 1.54) is 48.7 Å². The molecule has 2 heteroatoms. The molecule has 1 aliphatic carbocycles. The minimum absolute atomic E-state index is 0.760. The van der Waals surface area contributed by atoms with E-state index in [4.69, 9.17) is 0 Å². The first kappa shape index (κ1) is 12.7. The lowest BCUT2D eigenvalue weighted by molar-refractivity contribution is 0.368. The van der Waals surface area contributed by atoms with Crippen LogP contribution in [0.5, 0.6) is 0 Å². The first-order chi connectivity index (χ1) is 9.34. The van der Waals surface area contributed by atoms with Gasteiger partial charge in [-0.05, 0) is 37.3 Å². The number of nitrogens with one attached hydrogen (secondary N) is 1. The molecule has 1 aromatic carbocycles. The lowest BCUT2D eigenvalue weighted by Crippen LogP contribution is -2.33. The molecule has 1 saturated carbocycles. The summed E-state index contributed by atoms with van der Waals surface area (Å²) >= 11 is 0. The van der Waals surface area contributed by atoms with Gasteiger partial charge in [0.25, 0.3) is 0 Å². The number of hydrogen-bond donors (Lipinski definition) is 1. The Morgan fingerprint density at radius 1 is 1.16 bits per heavy atom. The highest BCUT2D eigenvalue weighted by Gasteiger charge is 2.12. The molecule has 2 nitrogen and oxygen atoms in total. The number of para-hydroxylation sites is 1. The van der Waals surface area contributed by atoms with Crippen molar-refractivity contribution in [3.05, 3.63) is 36.0 Å². The normalized spacial score (nSPS) is 17.1. The molecule has 1 heterocycles. The van der Waals surface area contributed by atoms with E-state index in [1.807, 2.05) is 0 Å². The van der Waals surface area contributed by atoms with Gasteiger partial charge in [0.2, 0.25) is 0 Å². The second-order valence-corrected chi connectivity index (χ2v) is 5.79. The van der Waals surface area contributed by atoms with Gasteiger partial charge in [-0.3, -0.25) is 0 Å². The van der Waals surface area contributed by atoms with Gasteiger partial charge in [0.15, 0.2) is 0 Å². The molecule has 19 heavy (non-hydrogen) atoms. The molecule has 0 aliphatic heterocycles. The topological polar surface area (TPSA) is 17.0 Å². The number of nitrogens with zero attached hydrogens (tertiary/aromatic N) is 1. The van der Waals surface area contributed by atoms with Crippen molar-refractivity contribution in [2.45, 2.75) is 51.6 Å². The summed E-state index contributed by atoms with van der Waals surface area (Å²) in [4.78, 5) is 0. The second-order valence-electron chi connectivity index (χ2n) is 5.79. The van der Waals surface area contributed by atoms with Crippen molar-refractivity contribution in [2.75, 3.05) is 6.54 Å². The average Bonchev–Trinajstić information content (AvgIpc) is 2.76. The molecule has 2 aromatic rings. The summed E-state index contributed by atoms with van der Waals surface area (Å²) in [6.45, 7) is 4.38. The molecule has 0 bridgehead atoms. The lowest BCUT2D eigenvalue weighted by atomic mass is 9.95. The number of rotatable bonds is 4. The Morgan fingerprint density at radius 3 is 2.79 bits per heavy atom. The van der Waals surface area contributed by atoms with Gasteiger partial charge in [0, 0.05) is 30.3 Å². The van der Waals surface area contributed by atoms with Gasteiger partial charge >= 0.3 is 0 Å². The molecule has 0 saturated heterocycles. The zero-order valence-corrected chi connectivity index (χ0v) is 11.9. The summed E-state index contributed by atoms with van der Waals surface area (Å²) < 4.78 is 2.44. The van der Waals surface area contributed by atoms with Crippen LogP contribution in [0.15, 0.2) is 30.3 Å². The predicted molar refractivity (Wildman–Crippen MR) is 81.6 cm³/mol. The Labute approximate surface area is 115 Å². The Bertz CT molecular complexity index is 535. The van der Waals surface area contributed by atoms with E-state index < -0.39 is 0 Å². The second kappa shape index (κ2) is 5.79. The van der Waals surface area contributed by atoms with Crippen molar-refractivity contribution >= 4 is 10.9 Å². The number of hydrogen-bond acceptors (Lipinski definition) is 1. The largest absolute Gasteiger partial charge is 0.344 e. The molecule has 1 N–H and O–H groups in total. The monoisotopic (exact) mass is 256 g/mol. The van der Waals surface area contributed by atoms with Crippen LogP contribution in [0.2, 0.25) is 0 Å². The van der Waals surface area contributed by atoms with Crippen molar-refractivity contribution in [1.29, 1.82) is 0 Å². The van der Waals surface area contributed by atoms with Crippen LogP contribution in [0, 0.1) is 6.92 Å². The van der Waals surface area contributed by atoms with Crippen LogP contribution in [0.3, 0.4) is 0 Å². The van der Waals surface area contributed by atoms with Crippen LogP contribution in [0.1, 0.15) is 37.8 Å². The SMILES string of the molecule is Cc1cc2ccccc2n1CCNC1CCCCC1. The van der Waals surface area contributed by atoms with Crippen molar-refractivity contribution in [2.24, 2.45) is 0 Å². The van der Waals surface area contributed by atoms with Crippen molar-refractivity contribution in [1.82, 2.24) is 9.88 Å². The van der Waals surface area contributed by atoms with Gasteiger partial charge in [-0.1, -0.05) is 37.5 Å². The third kappa shape index (κ3) is 2.84. The smallest absolute Gasteiger partial charge is 0.0482 e. The van der Waals surface area contributed by atoms with Crippen LogP contribution >= 0.6 is 0 Å². The third-order valence-corrected chi connectivity index (χ3v) is 4.39. The van der Waals surface area contributed by atoms with E-state index in [1.54, 1.807) is 0 Å². The minimum Gasteiger partial charge on any atom is -0.344 e. The first-order valence-electron chi connectivity index (χ1n) is 7.63. The maximum Gasteiger partial charge on any atom is 0.0482 e. The molecule has 1 aliphatic rings. The van der Waals surface area contributed by atoms with Gasteiger partial charge in [0.1, 0.15) is 0 Å². The van der Waals surface area contributed by atoms with Gasteiger partial charge in [-0.15, -0.1) is 0 Å². The van der Waals surface area contributed by atoms with Gasteiger partial charge < -0.3 is 9.88 Å². The van der Waals surface area contributed by atoms with E-state index in [-0.39, 0.29) is 0 Å². The highest BCUT2D eigenvalue weighted by Crippen LogP contribution is 2.19. The zero-order valence-electron chi connectivity index (χ0n) is 11.9. The molecule has 0 unspecified atom stereocenters. The van der Waals surface area contributed by atoms with Crippen molar-refractivity contribution in [3.63, 3.8) is 0 Å². The highest BCUT2D eigenvalue weighted by atomic mass is 15.0. The Hall–Kier alpha value is -1.28. The molecule has 0 radical (unpaired) electrons. The molecule has 1 aromatic heterocycles. The standard InChI is InChI=1S/C17H24N2/c1-14-13-15-7-5-6-10-17(15)19(14)12-11-18-16-8-3-2-4-9-16/h5-7,10,13,16,18H,2-4,8-9,11-12H2,1H3. The van der Waals surface area contributed by atoms with Gasteiger partial charge in [-0.25, -0.2) is 0 Å². The Morgan fingerprint density at radius 2 is 1.95 bits per heavy atom. The first-order valence-corrected chi connectivity index (χ1v) is 7.63. The quantitative estimate of drug-likeness (QED) is 0.878. The summed E-state index contributed by atoms with van der Waals surface area (Å²) in [5.74, 6) is 0. The van der Waals surface area contributed by atoms with Gasteiger partial charge in [-0.2, -0.15) is 0 Å². The molecule has 0 atom stereocenters. The van der Waals surface area contributed by atoms with Crippen molar-refractivity contribution in [3.8, 4) is 0 Å². The maximum absolute atomic E-state index is 3.73. The lowest BCUT2D eigenvalue weighted by Gasteiger charge is -2.23. The number of aryl methyl sites for hydroxylation is 1. The highest BCUT2D eigenvalue weighted by molar-refractivity contribution is 5.81. The molecular formula is C17H24N2. The third-order valence-electron chi connectivity index (χ3n) is 4.39. The molecule has 102 valence electrons. The summed E-state index contributed by atoms with van der Waals surface area (Å²) in [7, 11) is 0. The van der Waals surface area contributed by atoms with Crippen LogP contribution in [-0.4, -0.2) is 17.2 Å². The van der Waals surface area contributed by atoms with E-state index in [2.05, 4.69) is 47.1 Å². The fourth-order valence-electron chi connectivity index (χ4n) is 3.33. The Balaban J connectivity index is 1.63. The van der Waals surface area contributed by atoms with E-state index in [0.29, 0.717) is 0 Å². The molecule has 0 amide bonds. The van der Waals surface area contributed by atoms with Crippen LogP contribution < -0.4 is 5.32 Å². The van der Waals surface area contributed by atoms with Crippen LogP contribution in [-0.2, 0) is 6.54 Å². The fraction of sp³-hybridized carbons (Fsp3) is 0.529. The zero-order chi connectivity index (χ0) is 13.1. The molecular weight excluding hydrogens is 232 g/mol. The summed E-state index contributed by atoms with van der Waals surface area (Å²) in [6, 6.07) is 11.7. The van der Waals surface area contributed by atoms with Crippen molar-refractivity contribution < 1.29 is 0 Å². The molecule has 3 rings (SSSR count). The minimum atomic E-state index is 0.760. The number of fused-ring (bicyclic) bond motifs is 1. The fourth-order valence-corrected chi connectivity index (χ4v) is 3.33. The predicted octanol–water partition coefficient (Wildman–Crippen LogP) is 3.87. The van der Waals surface area contributed by atoms with Gasteiger partial charge in [0.05, 0.1) is 0 Å². The maximum atomic E-state index is 3.73.